The van der Waals surface area contributed by atoms with Crippen molar-refractivity contribution in [1.29, 1.82) is 0 Å². The lowest BCUT2D eigenvalue weighted by Crippen LogP contribution is -2.36. The summed E-state index contributed by atoms with van der Waals surface area (Å²) >= 11 is 0. The Balaban J connectivity index is 1.91. The average molecular weight is 258 g/mol. The minimum absolute atomic E-state index is 0.549. The van der Waals surface area contributed by atoms with Gasteiger partial charge in [0.15, 0.2) is 0 Å². The fourth-order valence-corrected chi connectivity index (χ4v) is 1.71. The number of nitrogens with zero attached hydrogens (tertiary/aromatic N) is 3. The highest BCUT2D eigenvalue weighted by Crippen LogP contribution is 2.04. The van der Waals surface area contributed by atoms with Gasteiger partial charge in [0.1, 0.15) is 0 Å². The molecule has 0 atom stereocenters. The maximum atomic E-state index is 5.45. The minimum Gasteiger partial charge on any atom is -0.325 e. The number of nitrogens with two attached hydrogens (primary N) is 1. The van der Waals surface area contributed by atoms with Crippen LogP contribution in [0.5, 0.6) is 0 Å². The highest BCUT2D eigenvalue weighted by molar-refractivity contribution is 5.93. The molecule has 0 aliphatic carbocycles. The number of para-hydroxylation sites is 1. The molecule has 0 aliphatic rings. The van der Waals surface area contributed by atoms with Crippen molar-refractivity contribution in [3.63, 3.8) is 0 Å². The first kappa shape index (κ1) is 13.1. The summed E-state index contributed by atoms with van der Waals surface area (Å²) in [5.74, 6) is 6.00. The van der Waals surface area contributed by atoms with Gasteiger partial charge in [0.05, 0.1) is 0 Å². The Morgan fingerprint density at radius 1 is 1.32 bits per heavy atom. The van der Waals surface area contributed by atoms with Crippen LogP contribution in [-0.4, -0.2) is 22.3 Å². The molecule has 0 bridgehead atoms. The first-order chi connectivity index (χ1) is 9.29. The number of anilines is 1. The lowest BCUT2D eigenvalue weighted by atomic mass is 10.3. The van der Waals surface area contributed by atoms with Crippen molar-refractivity contribution >= 4 is 11.6 Å². The Morgan fingerprint density at radius 2 is 2.11 bits per heavy atom. The van der Waals surface area contributed by atoms with Crippen LogP contribution < -0.4 is 16.6 Å². The summed E-state index contributed by atoms with van der Waals surface area (Å²) in [6.45, 7) is 0.638. The molecule has 0 radical (unpaired) electrons. The third-order valence-corrected chi connectivity index (χ3v) is 2.73. The molecule has 2 aromatic rings. The molecule has 1 heterocycles. The molecule has 6 heteroatoms. The maximum absolute atomic E-state index is 5.45. The predicted molar refractivity (Wildman–Crippen MR) is 76.6 cm³/mol. The zero-order chi connectivity index (χ0) is 13.5. The van der Waals surface area contributed by atoms with Crippen molar-refractivity contribution in [3.05, 3.63) is 48.3 Å². The number of hydrazine groups is 1. The minimum atomic E-state index is 0.549. The predicted octanol–water partition coefficient (Wildman–Crippen LogP) is 0.894. The average Bonchev–Trinajstić information content (AvgIpc) is 2.84. The Labute approximate surface area is 112 Å². The maximum Gasteiger partial charge on any atom is 0.210 e. The number of hydrogen-bond donors (Lipinski definition) is 3. The van der Waals surface area contributed by atoms with E-state index in [4.69, 9.17) is 5.84 Å². The number of nitrogens with one attached hydrogen (secondary N) is 2. The fraction of sp³-hybridized carbons (Fsp3) is 0.231. The van der Waals surface area contributed by atoms with Gasteiger partial charge >= 0.3 is 0 Å². The number of aryl methyl sites for hydroxylation is 1. The van der Waals surface area contributed by atoms with Crippen molar-refractivity contribution in [2.45, 2.75) is 6.42 Å². The molecule has 100 valence electrons. The number of rotatable bonds is 4. The summed E-state index contributed by atoms with van der Waals surface area (Å²) in [7, 11) is 1.92. The topological polar surface area (TPSA) is 80.3 Å². The van der Waals surface area contributed by atoms with Crippen LogP contribution in [0, 0.1) is 0 Å². The van der Waals surface area contributed by atoms with Gasteiger partial charge in [-0.2, -0.15) is 5.10 Å². The van der Waals surface area contributed by atoms with E-state index in [1.807, 2.05) is 48.1 Å². The number of hydrogen-bond acceptors (Lipinski definition) is 3. The highest BCUT2D eigenvalue weighted by atomic mass is 15.3. The van der Waals surface area contributed by atoms with Gasteiger partial charge in [-0.15, -0.1) is 0 Å². The van der Waals surface area contributed by atoms with Crippen molar-refractivity contribution in [1.82, 2.24) is 15.2 Å². The zero-order valence-corrected chi connectivity index (χ0v) is 10.9. The molecule has 0 amide bonds. The molecule has 0 unspecified atom stereocenters. The van der Waals surface area contributed by atoms with Crippen molar-refractivity contribution in [3.8, 4) is 0 Å². The summed E-state index contributed by atoms with van der Waals surface area (Å²) in [6, 6.07) is 11.7. The van der Waals surface area contributed by atoms with Crippen LogP contribution in [0.25, 0.3) is 0 Å². The van der Waals surface area contributed by atoms with E-state index in [0.29, 0.717) is 12.5 Å². The molecule has 0 saturated heterocycles. The second kappa shape index (κ2) is 6.55. The van der Waals surface area contributed by atoms with Crippen molar-refractivity contribution < 1.29 is 0 Å². The molecule has 0 saturated carbocycles. The van der Waals surface area contributed by atoms with Crippen LogP contribution in [0.15, 0.2) is 47.6 Å². The standard InChI is InChI=1S/C13H18N6/c1-19-12(8-10-16-19)7-9-15-13(18-14)17-11-5-3-2-4-6-11/h2-6,8,10H,7,9,14H2,1H3,(H2,15,17,18). The van der Waals surface area contributed by atoms with E-state index in [1.165, 1.54) is 0 Å². The van der Waals surface area contributed by atoms with Gasteiger partial charge in [0.2, 0.25) is 5.96 Å². The third-order valence-electron chi connectivity index (χ3n) is 2.73. The Bertz CT molecular complexity index is 531. The lowest BCUT2D eigenvalue weighted by Gasteiger charge is -2.08. The number of guanidine groups is 1. The van der Waals surface area contributed by atoms with Crippen LogP contribution in [0.4, 0.5) is 5.69 Å². The largest absolute Gasteiger partial charge is 0.325 e. The third kappa shape index (κ3) is 3.82. The first-order valence-corrected chi connectivity index (χ1v) is 6.09. The number of aromatic nitrogens is 2. The Morgan fingerprint density at radius 3 is 2.74 bits per heavy atom. The monoisotopic (exact) mass is 258 g/mol. The Kier molecular flexibility index (Phi) is 4.52. The molecule has 0 fully saturated rings. The van der Waals surface area contributed by atoms with Crippen LogP contribution in [0.2, 0.25) is 0 Å². The summed E-state index contributed by atoms with van der Waals surface area (Å²) in [5.41, 5.74) is 4.64. The van der Waals surface area contributed by atoms with E-state index in [0.717, 1.165) is 17.8 Å². The lowest BCUT2D eigenvalue weighted by molar-refractivity contribution is 0.706. The summed E-state index contributed by atoms with van der Waals surface area (Å²) in [5, 5.41) is 7.23. The number of aliphatic imine (C=N–C) groups is 1. The Hall–Kier alpha value is -2.34. The second-order valence-corrected chi connectivity index (χ2v) is 4.06. The molecule has 0 spiro atoms. The summed E-state index contributed by atoms with van der Waals surface area (Å²) in [4.78, 5) is 4.38. The van der Waals surface area contributed by atoms with E-state index in [2.05, 4.69) is 20.8 Å². The summed E-state index contributed by atoms with van der Waals surface area (Å²) < 4.78 is 1.84. The van der Waals surface area contributed by atoms with E-state index < -0.39 is 0 Å². The van der Waals surface area contributed by atoms with Gasteiger partial charge in [0.25, 0.3) is 0 Å². The SMILES string of the molecule is Cn1nccc1CCN=C(NN)Nc1ccccc1. The molecule has 0 aliphatic heterocycles. The molecular formula is C13H18N6. The molecule has 2 rings (SSSR count). The molecule has 4 N–H and O–H groups in total. The second-order valence-electron chi connectivity index (χ2n) is 4.06. The molecule has 6 nitrogen and oxygen atoms in total. The number of benzene rings is 1. The van der Waals surface area contributed by atoms with E-state index in [9.17, 15) is 0 Å². The first-order valence-electron chi connectivity index (χ1n) is 6.09. The smallest absolute Gasteiger partial charge is 0.210 e. The molecular weight excluding hydrogens is 240 g/mol. The fourth-order valence-electron chi connectivity index (χ4n) is 1.71. The highest BCUT2D eigenvalue weighted by Gasteiger charge is 1.99. The van der Waals surface area contributed by atoms with Crippen LogP contribution in [0.1, 0.15) is 5.69 Å². The zero-order valence-electron chi connectivity index (χ0n) is 10.9. The molecule has 1 aromatic carbocycles. The van der Waals surface area contributed by atoms with E-state index in [-0.39, 0.29) is 0 Å². The van der Waals surface area contributed by atoms with E-state index in [1.54, 1.807) is 6.20 Å². The van der Waals surface area contributed by atoms with Crippen LogP contribution in [0.3, 0.4) is 0 Å². The van der Waals surface area contributed by atoms with Gasteiger partial charge in [-0.3, -0.25) is 15.1 Å². The van der Waals surface area contributed by atoms with Gasteiger partial charge < -0.3 is 5.32 Å². The van der Waals surface area contributed by atoms with Gasteiger partial charge in [-0.1, -0.05) is 18.2 Å². The van der Waals surface area contributed by atoms with E-state index >= 15 is 0 Å². The van der Waals surface area contributed by atoms with Gasteiger partial charge in [-0.25, -0.2) is 5.84 Å². The quantitative estimate of drug-likeness (QED) is 0.329. The van der Waals surface area contributed by atoms with Gasteiger partial charge in [-0.05, 0) is 18.2 Å². The van der Waals surface area contributed by atoms with Crippen molar-refractivity contribution in [2.24, 2.45) is 17.9 Å². The summed E-state index contributed by atoms with van der Waals surface area (Å²) in [6.07, 6.45) is 2.60. The molecule has 19 heavy (non-hydrogen) atoms. The van der Waals surface area contributed by atoms with Crippen LogP contribution in [-0.2, 0) is 13.5 Å². The van der Waals surface area contributed by atoms with Gasteiger partial charge in [0, 0.05) is 37.6 Å². The van der Waals surface area contributed by atoms with Crippen molar-refractivity contribution in [2.75, 3.05) is 11.9 Å². The molecule has 1 aromatic heterocycles. The van der Waals surface area contributed by atoms with Crippen LogP contribution >= 0.6 is 0 Å². The normalized spacial score (nSPS) is 11.4.